The standard InChI is InChI=1S/C13H8BrF2N5/c14-11-7(3-1-6-10(11)17)13-18-19-20-21(13)12-8(15)4-2-5-9(12)16/h1-6H,17H2. The van der Waals surface area contributed by atoms with Gasteiger partial charge >= 0.3 is 0 Å². The van der Waals surface area contributed by atoms with Crippen molar-refractivity contribution in [2.24, 2.45) is 0 Å². The largest absolute Gasteiger partial charge is 0.398 e. The summed E-state index contributed by atoms with van der Waals surface area (Å²) in [5, 5.41) is 11.0. The Hall–Kier alpha value is -2.35. The summed E-state index contributed by atoms with van der Waals surface area (Å²) in [5.41, 5.74) is 6.46. The van der Waals surface area contributed by atoms with Crippen LogP contribution in [0.15, 0.2) is 40.9 Å². The van der Waals surface area contributed by atoms with Crippen LogP contribution in [0.5, 0.6) is 0 Å². The Kier molecular flexibility index (Phi) is 3.38. The first-order valence-corrected chi connectivity index (χ1v) is 6.66. The summed E-state index contributed by atoms with van der Waals surface area (Å²) in [6.45, 7) is 0. The van der Waals surface area contributed by atoms with Crippen molar-refractivity contribution in [3.8, 4) is 17.1 Å². The van der Waals surface area contributed by atoms with E-state index in [1.54, 1.807) is 18.2 Å². The molecule has 0 spiro atoms. The van der Waals surface area contributed by atoms with Gasteiger partial charge in [-0.05, 0) is 50.6 Å². The lowest BCUT2D eigenvalue weighted by molar-refractivity contribution is 0.557. The van der Waals surface area contributed by atoms with Crippen molar-refractivity contribution in [3.63, 3.8) is 0 Å². The zero-order chi connectivity index (χ0) is 15.0. The lowest BCUT2D eigenvalue weighted by Crippen LogP contribution is -2.06. The molecule has 21 heavy (non-hydrogen) atoms. The normalized spacial score (nSPS) is 10.8. The number of benzene rings is 2. The second-order valence-corrected chi connectivity index (χ2v) is 4.99. The summed E-state index contributed by atoms with van der Waals surface area (Å²) in [4.78, 5) is 0. The fourth-order valence-electron chi connectivity index (χ4n) is 1.92. The van der Waals surface area contributed by atoms with Gasteiger partial charge in [-0.3, -0.25) is 0 Å². The number of nitrogen functional groups attached to an aromatic ring is 1. The van der Waals surface area contributed by atoms with E-state index in [0.29, 0.717) is 15.7 Å². The first-order chi connectivity index (χ1) is 10.1. The Bertz CT molecular complexity index is 798. The van der Waals surface area contributed by atoms with E-state index in [4.69, 9.17) is 5.73 Å². The van der Waals surface area contributed by atoms with Crippen molar-refractivity contribution >= 4 is 21.6 Å². The molecule has 2 aromatic carbocycles. The van der Waals surface area contributed by atoms with E-state index in [1.807, 2.05) is 0 Å². The van der Waals surface area contributed by atoms with E-state index in [1.165, 1.54) is 6.07 Å². The number of aromatic nitrogens is 4. The van der Waals surface area contributed by atoms with Crippen LogP contribution >= 0.6 is 15.9 Å². The highest BCUT2D eigenvalue weighted by molar-refractivity contribution is 9.10. The Balaban J connectivity index is 2.25. The number of hydrogen-bond acceptors (Lipinski definition) is 4. The number of halogens is 3. The Morgan fingerprint density at radius 3 is 2.43 bits per heavy atom. The molecule has 1 heterocycles. The fourth-order valence-corrected chi connectivity index (χ4v) is 2.36. The molecule has 0 radical (unpaired) electrons. The van der Waals surface area contributed by atoms with Crippen LogP contribution in [0.1, 0.15) is 0 Å². The molecule has 0 fully saturated rings. The number of hydrogen-bond donors (Lipinski definition) is 1. The monoisotopic (exact) mass is 351 g/mol. The predicted molar refractivity (Wildman–Crippen MR) is 76.6 cm³/mol. The van der Waals surface area contributed by atoms with E-state index in [0.717, 1.165) is 16.8 Å². The van der Waals surface area contributed by atoms with Gasteiger partial charge in [0, 0.05) is 11.3 Å². The van der Waals surface area contributed by atoms with Crippen LogP contribution in [0.25, 0.3) is 17.1 Å². The summed E-state index contributed by atoms with van der Waals surface area (Å²) >= 11 is 3.32. The number of rotatable bonds is 2. The fraction of sp³-hybridized carbons (Fsp3) is 0. The van der Waals surface area contributed by atoms with Crippen molar-refractivity contribution < 1.29 is 8.78 Å². The van der Waals surface area contributed by atoms with Gasteiger partial charge in [0.1, 0.15) is 5.69 Å². The third-order valence-corrected chi connectivity index (χ3v) is 3.77. The van der Waals surface area contributed by atoms with Gasteiger partial charge in [-0.1, -0.05) is 12.1 Å². The minimum absolute atomic E-state index is 0.179. The SMILES string of the molecule is Nc1cccc(-c2nnnn2-c2c(F)cccc2F)c1Br. The van der Waals surface area contributed by atoms with Crippen molar-refractivity contribution in [3.05, 3.63) is 52.5 Å². The van der Waals surface area contributed by atoms with E-state index in [-0.39, 0.29) is 11.5 Å². The van der Waals surface area contributed by atoms with Crippen molar-refractivity contribution in [1.82, 2.24) is 20.2 Å². The van der Waals surface area contributed by atoms with E-state index < -0.39 is 11.6 Å². The van der Waals surface area contributed by atoms with Crippen molar-refractivity contribution in [2.45, 2.75) is 0 Å². The molecule has 2 N–H and O–H groups in total. The Labute approximate surface area is 126 Å². The number of tetrazole rings is 1. The molecule has 0 bridgehead atoms. The number of nitrogens with two attached hydrogens (primary N) is 1. The smallest absolute Gasteiger partial charge is 0.188 e. The zero-order valence-electron chi connectivity index (χ0n) is 10.5. The number of anilines is 1. The highest BCUT2D eigenvalue weighted by Crippen LogP contribution is 2.32. The average Bonchev–Trinajstić information content (AvgIpc) is 2.91. The molecule has 0 aliphatic heterocycles. The maximum Gasteiger partial charge on any atom is 0.188 e. The third-order valence-electron chi connectivity index (χ3n) is 2.89. The maximum absolute atomic E-state index is 13.9. The van der Waals surface area contributed by atoms with Crippen LogP contribution in [-0.2, 0) is 0 Å². The summed E-state index contributed by atoms with van der Waals surface area (Å²) in [5.74, 6) is -1.34. The predicted octanol–water partition coefficient (Wildman–Crippen LogP) is 2.95. The summed E-state index contributed by atoms with van der Waals surface area (Å²) in [6.07, 6.45) is 0. The molecule has 8 heteroatoms. The van der Waals surface area contributed by atoms with Gasteiger partial charge in [0.05, 0.1) is 4.47 Å². The van der Waals surface area contributed by atoms with Crippen molar-refractivity contribution in [2.75, 3.05) is 5.73 Å². The van der Waals surface area contributed by atoms with Gasteiger partial charge in [-0.25, -0.2) is 8.78 Å². The van der Waals surface area contributed by atoms with Crippen LogP contribution in [-0.4, -0.2) is 20.2 Å². The van der Waals surface area contributed by atoms with Crippen LogP contribution in [0.2, 0.25) is 0 Å². The third kappa shape index (κ3) is 2.27. The maximum atomic E-state index is 13.9. The van der Waals surface area contributed by atoms with Crippen molar-refractivity contribution in [1.29, 1.82) is 0 Å². The van der Waals surface area contributed by atoms with E-state index in [2.05, 4.69) is 31.5 Å². The van der Waals surface area contributed by atoms with E-state index in [9.17, 15) is 8.78 Å². The molecule has 5 nitrogen and oxygen atoms in total. The topological polar surface area (TPSA) is 69.6 Å². The highest BCUT2D eigenvalue weighted by Gasteiger charge is 2.19. The van der Waals surface area contributed by atoms with Gasteiger partial charge < -0.3 is 5.73 Å². The molecule has 0 atom stereocenters. The molecule has 106 valence electrons. The summed E-state index contributed by atoms with van der Waals surface area (Å²) in [7, 11) is 0. The lowest BCUT2D eigenvalue weighted by atomic mass is 10.2. The molecule has 3 aromatic rings. The van der Waals surface area contributed by atoms with Gasteiger partial charge in [0.25, 0.3) is 0 Å². The lowest BCUT2D eigenvalue weighted by Gasteiger charge is -2.09. The van der Waals surface area contributed by atoms with E-state index >= 15 is 0 Å². The second kappa shape index (κ2) is 5.21. The molecule has 0 unspecified atom stereocenters. The molecule has 3 rings (SSSR count). The quantitative estimate of drug-likeness (QED) is 0.720. The molecule has 0 aliphatic rings. The van der Waals surface area contributed by atoms with Gasteiger partial charge in [0.2, 0.25) is 0 Å². The molecular weight excluding hydrogens is 344 g/mol. The first kappa shape index (κ1) is 13.6. The summed E-state index contributed by atoms with van der Waals surface area (Å²) in [6, 6.07) is 8.63. The number of nitrogens with zero attached hydrogens (tertiary/aromatic N) is 4. The molecule has 1 aromatic heterocycles. The molecule has 0 amide bonds. The Morgan fingerprint density at radius 1 is 1.05 bits per heavy atom. The molecule has 0 saturated carbocycles. The summed E-state index contributed by atoms with van der Waals surface area (Å²) < 4.78 is 29.4. The van der Waals surface area contributed by atoms with Crippen LogP contribution in [0.4, 0.5) is 14.5 Å². The Morgan fingerprint density at radius 2 is 1.71 bits per heavy atom. The zero-order valence-corrected chi connectivity index (χ0v) is 12.1. The van der Waals surface area contributed by atoms with Crippen LogP contribution in [0.3, 0.4) is 0 Å². The van der Waals surface area contributed by atoms with Gasteiger partial charge in [0.15, 0.2) is 17.5 Å². The van der Waals surface area contributed by atoms with Gasteiger partial charge in [-0.2, -0.15) is 4.68 Å². The number of para-hydroxylation sites is 1. The van der Waals surface area contributed by atoms with Crippen LogP contribution < -0.4 is 5.73 Å². The molecule has 0 saturated heterocycles. The minimum atomic E-state index is -0.761. The minimum Gasteiger partial charge on any atom is -0.398 e. The molecule has 0 aliphatic carbocycles. The van der Waals surface area contributed by atoms with Crippen LogP contribution in [0, 0.1) is 11.6 Å². The molecular formula is C13H8BrF2N5. The highest BCUT2D eigenvalue weighted by atomic mass is 79.9. The first-order valence-electron chi connectivity index (χ1n) is 5.86. The average molecular weight is 352 g/mol. The van der Waals surface area contributed by atoms with Gasteiger partial charge in [-0.15, -0.1) is 5.10 Å². The second-order valence-electron chi connectivity index (χ2n) is 4.19.